The largest absolute Gasteiger partial charge is 0.493 e. The molecule has 2 aromatic carbocycles. The van der Waals surface area contributed by atoms with Gasteiger partial charge >= 0.3 is 0 Å². The Hall–Kier alpha value is -2.73. The summed E-state index contributed by atoms with van der Waals surface area (Å²) in [6, 6.07) is 14.7. The molecule has 0 bridgehead atoms. The minimum Gasteiger partial charge on any atom is -0.493 e. The Morgan fingerprint density at radius 2 is 1.94 bits per heavy atom. The third kappa shape index (κ3) is 6.37. The summed E-state index contributed by atoms with van der Waals surface area (Å²) < 4.78 is 17.2. The Morgan fingerprint density at radius 3 is 2.65 bits per heavy atom. The van der Waals surface area contributed by atoms with Gasteiger partial charge in [-0.1, -0.05) is 35.9 Å². The summed E-state index contributed by atoms with van der Waals surface area (Å²) in [5.74, 6) is 2.68. The van der Waals surface area contributed by atoms with E-state index < -0.39 is 0 Å². The van der Waals surface area contributed by atoms with Crippen molar-refractivity contribution in [2.45, 2.75) is 39.3 Å². The van der Waals surface area contributed by atoms with Crippen LogP contribution in [-0.2, 0) is 11.3 Å². The van der Waals surface area contributed by atoms with Crippen LogP contribution in [0.15, 0.2) is 47.5 Å². The molecule has 2 aromatic rings. The smallest absolute Gasteiger partial charge is 0.191 e. The number of nitrogens with one attached hydrogen (secondary N) is 2. The number of aliphatic imine (C=N–C) groups is 1. The summed E-state index contributed by atoms with van der Waals surface area (Å²) in [7, 11) is 3.45. The van der Waals surface area contributed by atoms with Gasteiger partial charge in [0, 0.05) is 32.7 Å². The van der Waals surface area contributed by atoms with Crippen LogP contribution >= 0.6 is 0 Å². The second kappa shape index (κ2) is 11.6. The first-order valence-electron chi connectivity index (χ1n) is 11.1. The zero-order valence-electron chi connectivity index (χ0n) is 19.1. The first-order chi connectivity index (χ1) is 15.1. The van der Waals surface area contributed by atoms with Crippen molar-refractivity contribution in [2.75, 3.05) is 33.9 Å². The highest BCUT2D eigenvalue weighted by Gasteiger charge is 2.27. The molecule has 1 aliphatic heterocycles. The van der Waals surface area contributed by atoms with E-state index in [0.29, 0.717) is 19.1 Å². The van der Waals surface area contributed by atoms with E-state index in [1.54, 1.807) is 14.2 Å². The second-order valence-electron chi connectivity index (χ2n) is 7.83. The van der Waals surface area contributed by atoms with E-state index in [4.69, 9.17) is 14.2 Å². The molecule has 168 valence electrons. The van der Waals surface area contributed by atoms with Crippen LogP contribution in [0.4, 0.5) is 0 Å². The average Bonchev–Trinajstić information content (AvgIpc) is 2.80. The van der Waals surface area contributed by atoms with E-state index in [2.05, 4.69) is 46.8 Å². The van der Waals surface area contributed by atoms with Crippen LogP contribution in [0.5, 0.6) is 11.5 Å². The molecule has 3 rings (SSSR count). The number of ether oxygens (including phenoxy) is 3. The highest BCUT2D eigenvalue weighted by atomic mass is 16.5. The van der Waals surface area contributed by atoms with Crippen molar-refractivity contribution >= 4 is 5.96 Å². The molecule has 1 saturated heterocycles. The zero-order valence-corrected chi connectivity index (χ0v) is 19.1. The molecule has 2 N–H and O–H groups in total. The summed E-state index contributed by atoms with van der Waals surface area (Å²) in [6.45, 7) is 6.95. The number of hydrogen-bond acceptors (Lipinski definition) is 4. The summed E-state index contributed by atoms with van der Waals surface area (Å²) in [5, 5.41) is 6.88. The first-order valence-corrected chi connectivity index (χ1v) is 11.1. The topological polar surface area (TPSA) is 64.1 Å². The van der Waals surface area contributed by atoms with Gasteiger partial charge < -0.3 is 24.8 Å². The molecule has 2 unspecified atom stereocenters. The van der Waals surface area contributed by atoms with E-state index in [-0.39, 0.29) is 6.10 Å². The van der Waals surface area contributed by atoms with E-state index in [9.17, 15) is 0 Å². The fourth-order valence-electron chi connectivity index (χ4n) is 3.91. The van der Waals surface area contributed by atoms with E-state index in [0.717, 1.165) is 49.0 Å². The van der Waals surface area contributed by atoms with E-state index >= 15 is 0 Å². The molecule has 1 heterocycles. The second-order valence-corrected chi connectivity index (χ2v) is 7.83. The quantitative estimate of drug-likeness (QED) is 0.489. The number of guanidine groups is 1. The molecule has 2 atom stereocenters. The fraction of sp³-hybridized carbons (Fsp3) is 0.480. The predicted octanol–water partition coefficient (Wildman–Crippen LogP) is 4.24. The van der Waals surface area contributed by atoms with Crippen molar-refractivity contribution in [3.8, 4) is 11.5 Å². The minimum atomic E-state index is 0.121. The lowest BCUT2D eigenvalue weighted by Crippen LogP contribution is -2.41. The average molecular weight is 426 g/mol. The molecular weight excluding hydrogens is 390 g/mol. The van der Waals surface area contributed by atoms with Crippen molar-refractivity contribution < 1.29 is 14.2 Å². The number of methoxy groups -OCH3 is 1. The molecule has 6 nitrogen and oxygen atoms in total. The Balaban J connectivity index is 1.57. The number of aryl methyl sites for hydroxylation is 1. The van der Waals surface area contributed by atoms with Crippen molar-refractivity contribution in [3.63, 3.8) is 0 Å². The monoisotopic (exact) mass is 425 g/mol. The van der Waals surface area contributed by atoms with Gasteiger partial charge in [-0.05, 0) is 49.9 Å². The van der Waals surface area contributed by atoms with Crippen LogP contribution in [0, 0.1) is 12.8 Å². The van der Waals surface area contributed by atoms with Gasteiger partial charge in [-0.25, -0.2) is 0 Å². The third-order valence-corrected chi connectivity index (χ3v) is 5.59. The fourth-order valence-corrected chi connectivity index (χ4v) is 3.91. The zero-order chi connectivity index (χ0) is 22.1. The summed E-state index contributed by atoms with van der Waals surface area (Å²) in [4.78, 5) is 4.39. The molecule has 1 fully saturated rings. The molecule has 0 spiro atoms. The van der Waals surface area contributed by atoms with Crippen molar-refractivity contribution in [3.05, 3.63) is 59.2 Å². The van der Waals surface area contributed by atoms with Gasteiger partial charge in [-0.15, -0.1) is 0 Å². The van der Waals surface area contributed by atoms with Crippen LogP contribution in [0.2, 0.25) is 0 Å². The van der Waals surface area contributed by atoms with Crippen LogP contribution in [0.25, 0.3) is 0 Å². The molecular formula is C25H35N3O3. The molecule has 0 saturated carbocycles. The SMILES string of the molecule is CCOc1cc(CNC(=NC)NCC2CCCOC2c2ccc(C)cc2)ccc1OC. The lowest BCUT2D eigenvalue weighted by molar-refractivity contribution is -0.0265. The number of nitrogens with zero attached hydrogens (tertiary/aromatic N) is 1. The van der Waals surface area contributed by atoms with Gasteiger partial charge in [-0.3, -0.25) is 4.99 Å². The molecule has 0 radical (unpaired) electrons. The molecule has 0 amide bonds. The Morgan fingerprint density at radius 1 is 1.13 bits per heavy atom. The maximum atomic E-state index is 6.14. The number of rotatable bonds is 8. The van der Waals surface area contributed by atoms with E-state index in [1.807, 2.05) is 25.1 Å². The van der Waals surface area contributed by atoms with Crippen molar-refractivity contribution in [1.82, 2.24) is 10.6 Å². The van der Waals surface area contributed by atoms with E-state index in [1.165, 1.54) is 11.1 Å². The van der Waals surface area contributed by atoms with Crippen molar-refractivity contribution in [1.29, 1.82) is 0 Å². The van der Waals surface area contributed by atoms with Gasteiger partial charge in [0.15, 0.2) is 17.5 Å². The summed E-state index contributed by atoms with van der Waals surface area (Å²) in [5.41, 5.74) is 3.62. The minimum absolute atomic E-state index is 0.121. The number of benzene rings is 2. The van der Waals surface area contributed by atoms with Gasteiger partial charge in [0.2, 0.25) is 0 Å². The van der Waals surface area contributed by atoms with Crippen LogP contribution in [0.3, 0.4) is 0 Å². The lowest BCUT2D eigenvalue weighted by Gasteiger charge is -2.32. The van der Waals surface area contributed by atoms with Crippen molar-refractivity contribution in [2.24, 2.45) is 10.9 Å². The Bertz CT molecular complexity index is 852. The molecule has 6 heteroatoms. The van der Waals surface area contributed by atoms with Gasteiger partial charge in [-0.2, -0.15) is 0 Å². The molecule has 0 aromatic heterocycles. The Labute approximate surface area is 186 Å². The van der Waals surface area contributed by atoms with Gasteiger partial charge in [0.1, 0.15) is 0 Å². The Kier molecular flexibility index (Phi) is 8.59. The summed E-state index contributed by atoms with van der Waals surface area (Å²) >= 11 is 0. The lowest BCUT2D eigenvalue weighted by atomic mass is 9.89. The number of hydrogen-bond donors (Lipinski definition) is 2. The summed E-state index contributed by atoms with van der Waals surface area (Å²) in [6.07, 6.45) is 2.35. The normalized spacial score (nSPS) is 19.0. The first kappa shape index (κ1) is 22.9. The highest BCUT2D eigenvalue weighted by molar-refractivity contribution is 5.79. The molecule has 0 aliphatic carbocycles. The molecule has 1 aliphatic rings. The molecule has 31 heavy (non-hydrogen) atoms. The standard InChI is InChI=1S/C25H35N3O3/c1-5-30-23-15-19(10-13-22(23)29-4)16-27-25(26-3)28-17-21-7-6-14-31-24(21)20-11-8-18(2)9-12-20/h8-13,15,21,24H,5-7,14,16-17H2,1-4H3,(H2,26,27,28). The maximum Gasteiger partial charge on any atom is 0.191 e. The van der Waals surface area contributed by atoms with Crippen LogP contribution in [0.1, 0.15) is 42.6 Å². The van der Waals surface area contributed by atoms with Gasteiger partial charge in [0.05, 0.1) is 19.8 Å². The third-order valence-electron chi connectivity index (χ3n) is 5.59. The maximum absolute atomic E-state index is 6.14. The highest BCUT2D eigenvalue weighted by Crippen LogP contribution is 2.33. The van der Waals surface area contributed by atoms with Crippen LogP contribution < -0.4 is 20.1 Å². The van der Waals surface area contributed by atoms with Crippen LogP contribution in [-0.4, -0.2) is 39.9 Å². The predicted molar refractivity (Wildman–Crippen MR) is 125 cm³/mol. The van der Waals surface area contributed by atoms with Gasteiger partial charge in [0.25, 0.3) is 0 Å².